The molecule has 24 heavy (non-hydrogen) atoms. The summed E-state index contributed by atoms with van der Waals surface area (Å²) in [4.78, 5) is 19.0. The maximum absolute atomic E-state index is 12.6. The van der Waals surface area contributed by atoms with Gasteiger partial charge in [-0.25, -0.2) is 0 Å². The third kappa shape index (κ3) is 3.67. The number of nitrogens with zero attached hydrogens (tertiary/aromatic N) is 2. The summed E-state index contributed by atoms with van der Waals surface area (Å²) in [5.74, 6) is 0.810. The molecule has 5 nitrogen and oxygen atoms in total. The first-order valence-electron chi connectivity index (χ1n) is 8.28. The first kappa shape index (κ1) is 16.3. The second-order valence-corrected chi connectivity index (χ2v) is 6.16. The fourth-order valence-electron chi connectivity index (χ4n) is 3.11. The topological polar surface area (TPSA) is 54.5 Å². The Kier molecular flexibility index (Phi) is 4.99. The molecule has 1 aromatic carbocycles. The van der Waals surface area contributed by atoms with Crippen LogP contribution in [0.25, 0.3) is 0 Å². The molecule has 3 rings (SSSR count). The monoisotopic (exact) mass is 325 g/mol. The minimum atomic E-state index is 0.0355. The highest BCUT2D eigenvalue weighted by atomic mass is 16.5. The van der Waals surface area contributed by atoms with Gasteiger partial charge in [-0.15, -0.1) is 0 Å². The van der Waals surface area contributed by atoms with E-state index in [-0.39, 0.29) is 11.8 Å². The smallest absolute Gasteiger partial charge is 0.227 e. The molecule has 0 atom stereocenters. The number of piperidine rings is 1. The maximum atomic E-state index is 12.6. The molecule has 2 heterocycles. The van der Waals surface area contributed by atoms with E-state index < -0.39 is 0 Å². The minimum Gasteiger partial charge on any atom is -0.495 e. The van der Waals surface area contributed by atoms with E-state index in [1.807, 2.05) is 37.3 Å². The van der Waals surface area contributed by atoms with E-state index in [0.717, 1.165) is 37.2 Å². The van der Waals surface area contributed by atoms with Gasteiger partial charge in [-0.2, -0.15) is 0 Å². The van der Waals surface area contributed by atoms with E-state index in [9.17, 15) is 4.79 Å². The Hall–Kier alpha value is -2.56. The molecule has 1 fully saturated rings. The van der Waals surface area contributed by atoms with Crippen LogP contribution in [0.5, 0.6) is 5.75 Å². The lowest BCUT2D eigenvalue weighted by Crippen LogP contribution is -2.38. The van der Waals surface area contributed by atoms with Crippen LogP contribution in [0.1, 0.15) is 18.4 Å². The van der Waals surface area contributed by atoms with Crippen molar-refractivity contribution >= 4 is 17.3 Å². The summed E-state index contributed by atoms with van der Waals surface area (Å²) in [5.41, 5.74) is 3.02. The lowest BCUT2D eigenvalue weighted by molar-refractivity contribution is -0.120. The molecule has 5 heteroatoms. The summed E-state index contributed by atoms with van der Waals surface area (Å²) in [7, 11) is 1.62. The van der Waals surface area contributed by atoms with Gasteiger partial charge in [0.2, 0.25) is 5.91 Å². The van der Waals surface area contributed by atoms with Crippen molar-refractivity contribution in [3.8, 4) is 5.75 Å². The molecule has 1 aliphatic heterocycles. The number of carbonyl (C=O) groups excluding carboxylic acids is 1. The summed E-state index contributed by atoms with van der Waals surface area (Å²) in [6.45, 7) is 3.77. The van der Waals surface area contributed by atoms with E-state index in [1.54, 1.807) is 19.5 Å². The third-order valence-corrected chi connectivity index (χ3v) is 4.51. The summed E-state index contributed by atoms with van der Waals surface area (Å²) >= 11 is 0. The summed E-state index contributed by atoms with van der Waals surface area (Å²) < 4.78 is 5.33. The van der Waals surface area contributed by atoms with Crippen LogP contribution in [0, 0.1) is 12.8 Å². The number of amides is 1. The molecule has 0 spiro atoms. The molecule has 1 amide bonds. The van der Waals surface area contributed by atoms with E-state index >= 15 is 0 Å². The molecule has 0 radical (unpaired) electrons. The number of nitrogens with one attached hydrogen (secondary N) is 1. The third-order valence-electron chi connectivity index (χ3n) is 4.51. The zero-order chi connectivity index (χ0) is 16.9. The number of hydrogen-bond donors (Lipinski definition) is 1. The number of pyridine rings is 1. The number of ether oxygens (including phenoxy) is 1. The van der Waals surface area contributed by atoms with Crippen molar-refractivity contribution in [3.63, 3.8) is 0 Å². The Bertz CT molecular complexity index is 695. The molecular formula is C19H23N3O2. The molecule has 0 bridgehead atoms. The fraction of sp³-hybridized carbons (Fsp3) is 0.368. The minimum absolute atomic E-state index is 0.0355. The molecule has 1 aromatic heterocycles. The van der Waals surface area contributed by atoms with Crippen LogP contribution < -0.4 is 15.0 Å². The van der Waals surface area contributed by atoms with Gasteiger partial charge in [0.1, 0.15) is 5.75 Å². The number of carbonyl (C=O) groups is 1. The summed E-state index contributed by atoms with van der Waals surface area (Å²) in [6.07, 6.45) is 5.31. The average molecular weight is 325 g/mol. The molecule has 0 saturated carbocycles. The zero-order valence-corrected chi connectivity index (χ0v) is 14.2. The zero-order valence-electron chi connectivity index (χ0n) is 14.2. The number of methoxy groups -OCH3 is 1. The highest BCUT2D eigenvalue weighted by Crippen LogP contribution is 2.28. The van der Waals surface area contributed by atoms with Crippen molar-refractivity contribution < 1.29 is 9.53 Å². The fourth-order valence-corrected chi connectivity index (χ4v) is 3.11. The van der Waals surface area contributed by atoms with E-state index in [1.165, 1.54) is 5.69 Å². The van der Waals surface area contributed by atoms with Gasteiger partial charge in [-0.3, -0.25) is 9.78 Å². The highest BCUT2D eigenvalue weighted by molar-refractivity contribution is 5.94. The number of rotatable bonds is 4. The number of anilines is 2. The molecule has 126 valence electrons. The van der Waals surface area contributed by atoms with Crippen molar-refractivity contribution in [1.29, 1.82) is 0 Å². The van der Waals surface area contributed by atoms with Crippen LogP contribution in [-0.2, 0) is 4.79 Å². The van der Waals surface area contributed by atoms with Crippen molar-refractivity contribution in [3.05, 3.63) is 48.3 Å². The van der Waals surface area contributed by atoms with E-state index in [4.69, 9.17) is 4.74 Å². The number of aryl methyl sites for hydroxylation is 1. The second-order valence-electron chi connectivity index (χ2n) is 6.16. The highest BCUT2D eigenvalue weighted by Gasteiger charge is 2.25. The average Bonchev–Trinajstić information content (AvgIpc) is 2.63. The van der Waals surface area contributed by atoms with Gasteiger partial charge < -0.3 is 15.0 Å². The Balaban J connectivity index is 1.61. The number of aromatic nitrogens is 1. The van der Waals surface area contributed by atoms with Crippen molar-refractivity contribution in [2.24, 2.45) is 5.92 Å². The van der Waals surface area contributed by atoms with Crippen molar-refractivity contribution in [2.45, 2.75) is 19.8 Å². The van der Waals surface area contributed by atoms with Gasteiger partial charge in [-0.1, -0.05) is 6.07 Å². The van der Waals surface area contributed by atoms with Crippen LogP contribution in [0.3, 0.4) is 0 Å². The quantitative estimate of drug-likeness (QED) is 0.937. The van der Waals surface area contributed by atoms with Crippen LogP contribution in [0.15, 0.2) is 42.7 Å². The Morgan fingerprint density at radius 3 is 2.58 bits per heavy atom. The van der Waals surface area contributed by atoms with Gasteiger partial charge in [-0.05, 0) is 49.6 Å². The van der Waals surface area contributed by atoms with Gasteiger partial charge in [0.05, 0.1) is 12.8 Å². The maximum Gasteiger partial charge on any atom is 0.227 e. The van der Waals surface area contributed by atoms with Gasteiger partial charge >= 0.3 is 0 Å². The predicted octanol–water partition coefficient (Wildman–Crippen LogP) is 3.25. The molecule has 0 aliphatic carbocycles. The Morgan fingerprint density at radius 2 is 1.92 bits per heavy atom. The Labute approximate surface area is 142 Å². The van der Waals surface area contributed by atoms with Crippen LogP contribution in [0.2, 0.25) is 0 Å². The molecule has 1 N–H and O–H groups in total. The molecular weight excluding hydrogens is 302 g/mol. The summed E-state index contributed by atoms with van der Waals surface area (Å²) in [6, 6.07) is 9.83. The molecule has 0 unspecified atom stereocenters. The van der Waals surface area contributed by atoms with Crippen LogP contribution in [0.4, 0.5) is 11.4 Å². The van der Waals surface area contributed by atoms with Gasteiger partial charge in [0.25, 0.3) is 0 Å². The first-order chi connectivity index (χ1) is 11.7. The lowest BCUT2D eigenvalue weighted by Gasteiger charge is -2.33. The van der Waals surface area contributed by atoms with Gasteiger partial charge in [0, 0.05) is 37.1 Å². The molecule has 1 aliphatic rings. The Morgan fingerprint density at radius 1 is 1.21 bits per heavy atom. The first-order valence-corrected chi connectivity index (χ1v) is 8.28. The van der Waals surface area contributed by atoms with Crippen molar-refractivity contribution in [1.82, 2.24) is 4.98 Å². The van der Waals surface area contributed by atoms with Crippen LogP contribution >= 0.6 is 0 Å². The number of hydrogen-bond acceptors (Lipinski definition) is 4. The summed E-state index contributed by atoms with van der Waals surface area (Å²) in [5, 5.41) is 3.03. The van der Waals surface area contributed by atoms with E-state index in [2.05, 4.69) is 15.2 Å². The number of benzene rings is 1. The normalized spacial score (nSPS) is 15.2. The molecule has 1 saturated heterocycles. The van der Waals surface area contributed by atoms with Gasteiger partial charge in [0.15, 0.2) is 0 Å². The predicted molar refractivity (Wildman–Crippen MR) is 95.5 cm³/mol. The lowest BCUT2D eigenvalue weighted by atomic mass is 9.95. The SMILES string of the molecule is COc1ccc(C)cc1NC(=O)C1CCN(c2ccncc2)CC1. The van der Waals surface area contributed by atoms with Crippen LogP contribution in [-0.4, -0.2) is 31.1 Å². The molecule has 2 aromatic rings. The van der Waals surface area contributed by atoms with Crippen molar-refractivity contribution in [2.75, 3.05) is 30.4 Å². The van der Waals surface area contributed by atoms with E-state index in [0.29, 0.717) is 5.75 Å². The second kappa shape index (κ2) is 7.34. The largest absolute Gasteiger partial charge is 0.495 e. The standard InChI is InChI=1S/C19H23N3O2/c1-14-3-4-18(24-2)17(13-14)21-19(23)15-7-11-22(12-8-15)16-5-9-20-10-6-16/h3-6,9-10,13,15H,7-8,11-12H2,1-2H3,(H,21,23).